The van der Waals surface area contributed by atoms with E-state index in [0.29, 0.717) is 17.2 Å². The molecule has 1 unspecified atom stereocenters. The number of nitro groups is 1. The third-order valence-electron chi connectivity index (χ3n) is 5.47. The lowest BCUT2D eigenvalue weighted by Gasteiger charge is -2.04. The van der Waals surface area contributed by atoms with E-state index in [1.54, 1.807) is 23.0 Å². The first kappa shape index (κ1) is 23.2. The van der Waals surface area contributed by atoms with Crippen LogP contribution in [0.1, 0.15) is 11.1 Å². The fourth-order valence-electron chi connectivity index (χ4n) is 3.76. The van der Waals surface area contributed by atoms with Gasteiger partial charge in [0, 0.05) is 29.5 Å². The third-order valence-corrected chi connectivity index (χ3v) is 6.55. The summed E-state index contributed by atoms with van der Waals surface area (Å²) in [5.41, 5.74) is 4.11. The molecule has 1 aliphatic rings. The highest BCUT2D eigenvalue weighted by Gasteiger charge is 2.30. The zero-order chi connectivity index (χ0) is 24.9. The Morgan fingerprint density at radius 2 is 1.81 bits per heavy atom. The van der Waals surface area contributed by atoms with Gasteiger partial charge in [-0.2, -0.15) is 10.2 Å². The Labute approximate surface area is 210 Å². The summed E-state index contributed by atoms with van der Waals surface area (Å²) in [5.74, 6) is -0.206. The van der Waals surface area contributed by atoms with Gasteiger partial charge in [0.15, 0.2) is 5.17 Å². The molecule has 1 fully saturated rings. The number of carbonyl (C=O) groups is 1. The highest BCUT2D eigenvalue weighted by Crippen LogP contribution is 2.26. The molecule has 0 saturated carbocycles. The van der Waals surface area contributed by atoms with E-state index >= 15 is 0 Å². The molecule has 178 valence electrons. The standard InChI is InChI=1S/C26H20N6O3S/c33-25-23(15-18-8-7-13-22(14-18)32(34)35)36-26(28-25)29-27-16-20-17-31(21-11-5-2-6-12-21)30-24(20)19-9-3-1-4-10-19/h1-14,16-17,23H,15H2,(H,28,29,33)/b27-16+. The lowest BCUT2D eigenvalue weighted by atomic mass is 10.1. The second-order valence-corrected chi connectivity index (χ2v) is 9.15. The molecule has 1 aliphatic heterocycles. The van der Waals surface area contributed by atoms with Crippen LogP contribution in [0.25, 0.3) is 16.9 Å². The van der Waals surface area contributed by atoms with Crippen molar-refractivity contribution in [2.24, 2.45) is 10.2 Å². The van der Waals surface area contributed by atoms with Crippen molar-refractivity contribution >= 4 is 34.7 Å². The van der Waals surface area contributed by atoms with Crippen molar-refractivity contribution in [3.8, 4) is 16.9 Å². The van der Waals surface area contributed by atoms with Gasteiger partial charge in [0.1, 0.15) is 5.69 Å². The average Bonchev–Trinajstić information content (AvgIpc) is 3.48. The first-order valence-electron chi connectivity index (χ1n) is 11.1. The Balaban J connectivity index is 1.35. The van der Waals surface area contributed by atoms with Crippen LogP contribution in [0.3, 0.4) is 0 Å². The van der Waals surface area contributed by atoms with Crippen LogP contribution < -0.4 is 5.32 Å². The predicted octanol–water partition coefficient (Wildman–Crippen LogP) is 4.61. The number of aromatic nitrogens is 2. The van der Waals surface area contributed by atoms with E-state index in [1.165, 1.54) is 23.9 Å². The summed E-state index contributed by atoms with van der Waals surface area (Å²) in [5, 5.41) is 26.8. The smallest absolute Gasteiger partial charge is 0.269 e. The van der Waals surface area contributed by atoms with Crippen molar-refractivity contribution in [1.29, 1.82) is 0 Å². The largest absolute Gasteiger partial charge is 0.303 e. The number of rotatable bonds is 7. The number of non-ortho nitro benzene ring substituents is 1. The monoisotopic (exact) mass is 496 g/mol. The van der Waals surface area contributed by atoms with Gasteiger partial charge >= 0.3 is 0 Å². The van der Waals surface area contributed by atoms with Gasteiger partial charge in [-0.25, -0.2) is 4.68 Å². The minimum atomic E-state index is -0.448. The zero-order valence-corrected chi connectivity index (χ0v) is 19.7. The van der Waals surface area contributed by atoms with Gasteiger partial charge < -0.3 is 5.32 Å². The third kappa shape index (κ3) is 5.23. The Bertz CT molecular complexity index is 1470. The highest BCUT2D eigenvalue weighted by atomic mass is 32.2. The number of amides is 1. The summed E-state index contributed by atoms with van der Waals surface area (Å²) < 4.78 is 1.79. The SMILES string of the molecule is O=C1N/C(=N\N=C\c2cn(-c3ccccc3)nc2-c2ccccc2)SC1Cc1cccc([N+](=O)[O-])c1. The van der Waals surface area contributed by atoms with Crippen molar-refractivity contribution < 1.29 is 9.72 Å². The quantitative estimate of drug-likeness (QED) is 0.228. The fourth-order valence-corrected chi connectivity index (χ4v) is 4.72. The maximum atomic E-state index is 12.4. The molecule has 0 spiro atoms. The van der Waals surface area contributed by atoms with Gasteiger partial charge in [-0.3, -0.25) is 14.9 Å². The van der Waals surface area contributed by atoms with Crippen molar-refractivity contribution in [2.45, 2.75) is 11.7 Å². The molecular formula is C26H20N6O3S. The van der Waals surface area contributed by atoms with Gasteiger partial charge in [0.2, 0.25) is 5.91 Å². The molecular weight excluding hydrogens is 476 g/mol. The van der Waals surface area contributed by atoms with Crippen LogP contribution in [-0.4, -0.2) is 37.2 Å². The number of para-hydroxylation sites is 1. The van der Waals surface area contributed by atoms with E-state index in [9.17, 15) is 14.9 Å². The molecule has 1 saturated heterocycles. The van der Waals surface area contributed by atoms with E-state index in [0.717, 1.165) is 22.5 Å². The lowest BCUT2D eigenvalue weighted by molar-refractivity contribution is -0.384. The summed E-state index contributed by atoms with van der Waals surface area (Å²) in [7, 11) is 0. The van der Waals surface area contributed by atoms with Gasteiger partial charge in [0.25, 0.3) is 5.69 Å². The number of nitro benzene ring substituents is 1. The maximum Gasteiger partial charge on any atom is 0.269 e. The Hall–Kier alpha value is -4.57. The van der Waals surface area contributed by atoms with Crippen LogP contribution in [0, 0.1) is 10.1 Å². The van der Waals surface area contributed by atoms with E-state index in [-0.39, 0.29) is 11.6 Å². The molecule has 4 aromatic rings. The second kappa shape index (κ2) is 10.4. The molecule has 1 aromatic heterocycles. The number of benzene rings is 3. The minimum Gasteiger partial charge on any atom is -0.303 e. The summed E-state index contributed by atoms with van der Waals surface area (Å²) in [6.07, 6.45) is 3.85. The first-order chi connectivity index (χ1) is 17.6. The van der Waals surface area contributed by atoms with Gasteiger partial charge in [0.05, 0.1) is 22.1 Å². The number of amidine groups is 1. The van der Waals surface area contributed by atoms with Gasteiger partial charge in [-0.15, -0.1) is 5.10 Å². The predicted molar refractivity (Wildman–Crippen MR) is 140 cm³/mol. The average molecular weight is 497 g/mol. The molecule has 9 nitrogen and oxygen atoms in total. The van der Waals surface area contributed by atoms with Gasteiger partial charge in [-0.1, -0.05) is 72.4 Å². The van der Waals surface area contributed by atoms with E-state index in [1.807, 2.05) is 66.9 Å². The number of nitrogens with zero attached hydrogens (tertiary/aromatic N) is 5. The van der Waals surface area contributed by atoms with Crippen LogP contribution >= 0.6 is 11.8 Å². The molecule has 1 atom stereocenters. The van der Waals surface area contributed by atoms with E-state index in [4.69, 9.17) is 5.10 Å². The van der Waals surface area contributed by atoms with Crippen LogP contribution in [0.4, 0.5) is 5.69 Å². The first-order valence-corrected chi connectivity index (χ1v) is 12.0. The number of nitrogens with one attached hydrogen (secondary N) is 1. The van der Waals surface area contributed by atoms with Crippen molar-refractivity contribution in [1.82, 2.24) is 15.1 Å². The normalized spacial score (nSPS) is 16.5. The molecule has 0 aliphatic carbocycles. The van der Waals surface area contributed by atoms with Crippen LogP contribution in [0.5, 0.6) is 0 Å². The molecule has 2 heterocycles. The van der Waals surface area contributed by atoms with Crippen LogP contribution in [0.2, 0.25) is 0 Å². The zero-order valence-electron chi connectivity index (χ0n) is 18.9. The maximum absolute atomic E-state index is 12.4. The molecule has 0 bridgehead atoms. The second-order valence-electron chi connectivity index (χ2n) is 7.96. The van der Waals surface area contributed by atoms with E-state index < -0.39 is 10.2 Å². The Morgan fingerprint density at radius 3 is 2.56 bits per heavy atom. The topological polar surface area (TPSA) is 115 Å². The van der Waals surface area contributed by atoms with Crippen molar-refractivity contribution in [2.75, 3.05) is 0 Å². The Morgan fingerprint density at radius 1 is 1.06 bits per heavy atom. The lowest BCUT2D eigenvalue weighted by Crippen LogP contribution is -2.25. The molecule has 0 radical (unpaired) electrons. The molecule has 10 heteroatoms. The number of thioether (sulfide) groups is 1. The minimum absolute atomic E-state index is 0.000310. The van der Waals surface area contributed by atoms with E-state index in [2.05, 4.69) is 15.5 Å². The fraction of sp³-hybridized carbons (Fsp3) is 0.0769. The number of hydrogen-bond acceptors (Lipinski definition) is 7. The van der Waals surface area contributed by atoms with Crippen LogP contribution in [0.15, 0.2) is 101 Å². The van der Waals surface area contributed by atoms with Gasteiger partial charge in [-0.05, 0) is 24.1 Å². The summed E-state index contributed by atoms with van der Waals surface area (Å²) in [4.78, 5) is 23.0. The van der Waals surface area contributed by atoms with Crippen LogP contribution in [-0.2, 0) is 11.2 Å². The summed E-state index contributed by atoms with van der Waals surface area (Å²) in [6, 6.07) is 25.9. The molecule has 1 amide bonds. The molecule has 5 rings (SSSR count). The van der Waals surface area contributed by atoms with Crippen molar-refractivity contribution in [3.05, 3.63) is 112 Å². The molecule has 36 heavy (non-hydrogen) atoms. The number of carbonyl (C=O) groups excluding carboxylic acids is 1. The highest BCUT2D eigenvalue weighted by molar-refractivity contribution is 8.15. The molecule has 1 N–H and O–H groups in total. The number of hydrogen-bond donors (Lipinski definition) is 1. The summed E-state index contributed by atoms with van der Waals surface area (Å²) >= 11 is 1.25. The van der Waals surface area contributed by atoms with Crippen molar-refractivity contribution in [3.63, 3.8) is 0 Å². The molecule has 3 aromatic carbocycles. The Kier molecular flexibility index (Phi) is 6.67. The summed E-state index contributed by atoms with van der Waals surface area (Å²) in [6.45, 7) is 0.